The van der Waals surface area contributed by atoms with Gasteiger partial charge in [-0.1, -0.05) is 11.8 Å². The summed E-state index contributed by atoms with van der Waals surface area (Å²) in [4.78, 5) is 12.8. The van der Waals surface area contributed by atoms with Crippen molar-refractivity contribution in [2.75, 3.05) is 21.2 Å². The highest BCUT2D eigenvalue weighted by Gasteiger charge is 2.09. The first kappa shape index (κ1) is 12.8. The number of ether oxygens (including phenoxy) is 1. The van der Waals surface area contributed by atoms with Gasteiger partial charge in [0.1, 0.15) is 11.6 Å². The number of nitrogens with zero attached hydrogens (tertiary/aromatic N) is 1. The van der Waals surface area contributed by atoms with Gasteiger partial charge in [0, 0.05) is 25.4 Å². The highest BCUT2D eigenvalue weighted by molar-refractivity contribution is 8.12. The zero-order valence-electron chi connectivity index (χ0n) is 9.49. The van der Waals surface area contributed by atoms with E-state index in [4.69, 9.17) is 4.74 Å². The molecule has 0 saturated heterocycles. The highest BCUT2D eigenvalue weighted by Crippen LogP contribution is 2.24. The Labute approximate surface area is 98.6 Å². The monoisotopic (exact) mass is 243 g/mol. The van der Waals surface area contributed by atoms with Crippen LogP contribution in [-0.4, -0.2) is 31.3 Å². The number of hydrogen-bond acceptors (Lipinski definition) is 3. The molecule has 0 bridgehead atoms. The molecule has 0 aliphatic heterocycles. The molecule has 3 nitrogen and oxygen atoms in total. The smallest absolute Gasteiger partial charge is 0.281 e. The van der Waals surface area contributed by atoms with Gasteiger partial charge in [0.15, 0.2) is 0 Å². The number of benzene rings is 1. The summed E-state index contributed by atoms with van der Waals surface area (Å²) in [5.74, 6) is 0.673. The second-order valence-corrected chi connectivity index (χ2v) is 4.33. The number of thioether (sulfide) groups is 1. The Morgan fingerprint density at radius 3 is 2.75 bits per heavy atom. The second kappa shape index (κ2) is 5.75. The number of carbonyl (C=O) groups excluding carboxylic acids is 1. The van der Waals surface area contributed by atoms with E-state index in [1.807, 2.05) is 0 Å². The Morgan fingerprint density at radius 2 is 2.19 bits per heavy atom. The van der Waals surface area contributed by atoms with Crippen molar-refractivity contribution in [3.05, 3.63) is 29.6 Å². The molecule has 1 aromatic rings. The number of rotatable bonds is 3. The van der Waals surface area contributed by atoms with E-state index in [0.717, 1.165) is 11.8 Å². The summed E-state index contributed by atoms with van der Waals surface area (Å²) >= 11 is 1.12. The van der Waals surface area contributed by atoms with Gasteiger partial charge in [-0.05, 0) is 18.2 Å². The van der Waals surface area contributed by atoms with E-state index in [-0.39, 0.29) is 11.1 Å². The molecule has 1 aromatic carbocycles. The molecule has 0 heterocycles. The average Bonchev–Trinajstić information content (AvgIpc) is 2.25. The van der Waals surface area contributed by atoms with Crippen LogP contribution in [0.1, 0.15) is 5.56 Å². The van der Waals surface area contributed by atoms with Gasteiger partial charge in [-0.2, -0.15) is 0 Å². The molecule has 0 aromatic heterocycles. The molecule has 0 spiro atoms. The van der Waals surface area contributed by atoms with Crippen molar-refractivity contribution < 1.29 is 13.9 Å². The molecule has 1 rings (SSSR count). The minimum Gasteiger partial charge on any atom is -0.496 e. The van der Waals surface area contributed by atoms with Crippen molar-refractivity contribution >= 4 is 17.0 Å². The van der Waals surface area contributed by atoms with Crippen LogP contribution in [-0.2, 0) is 5.75 Å². The van der Waals surface area contributed by atoms with Crippen molar-refractivity contribution in [3.63, 3.8) is 0 Å². The molecule has 0 aliphatic carbocycles. The molecule has 0 atom stereocenters. The Kier molecular flexibility index (Phi) is 4.61. The SMILES string of the molecule is COc1ccc(F)cc1CSC(=O)N(C)C. The zero-order valence-corrected chi connectivity index (χ0v) is 10.3. The minimum absolute atomic E-state index is 0.0636. The average molecular weight is 243 g/mol. The Bertz CT molecular complexity index is 382. The predicted octanol–water partition coefficient (Wildman–Crippen LogP) is 2.75. The molecule has 0 N–H and O–H groups in total. The Hall–Kier alpha value is -1.23. The molecular weight excluding hydrogens is 229 g/mol. The first-order chi connectivity index (χ1) is 7.54. The number of hydrogen-bond donors (Lipinski definition) is 0. The lowest BCUT2D eigenvalue weighted by molar-refractivity contribution is 0.241. The fourth-order valence-electron chi connectivity index (χ4n) is 1.13. The normalized spacial score (nSPS) is 10.0. The van der Waals surface area contributed by atoms with Gasteiger partial charge in [-0.15, -0.1) is 0 Å². The quantitative estimate of drug-likeness (QED) is 0.817. The third-order valence-corrected chi connectivity index (χ3v) is 3.03. The second-order valence-electron chi connectivity index (χ2n) is 3.41. The summed E-state index contributed by atoms with van der Waals surface area (Å²) in [6.45, 7) is 0. The van der Waals surface area contributed by atoms with E-state index in [9.17, 15) is 9.18 Å². The maximum Gasteiger partial charge on any atom is 0.281 e. The minimum atomic E-state index is -0.325. The molecule has 0 aliphatic rings. The molecule has 5 heteroatoms. The van der Waals surface area contributed by atoms with Crippen LogP contribution in [0.3, 0.4) is 0 Å². The molecule has 16 heavy (non-hydrogen) atoms. The van der Waals surface area contributed by atoms with Gasteiger partial charge < -0.3 is 9.64 Å². The topological polar surface area (TPSA) is 29.5 Å². The van der Waals surface area contributed by atoms with Crippen molar-refractivity contribution in [2.24, 2.45) is 0 Å². The lowest BCUT2D eigenvalue weighted by Gasteiger charge is -2.11. The van der Waals surface area contributed by atoms with Gasteiger partial charge in [-0.25, -0.2) is 4.39 Å². The predicted molar refractivity (Wildman–Crippen MR) is 63.3 cm³/mol. The van der Waals surface area contributed by atoms with Crippen LogP contribution in [0.25, 0.3) is 0 Å². The van der Waals surface area contributed by atoms with E-state index in [0.29, 0.717) is 17.1 Å². The number of carbonyl (C=O) groups is 1. The van der Waals surface area contributed by atoms with Crippen LogP contribution >= 0.6 is 11.8 Å². The fourth-order valence-corrected chi connectivity index (χ4v) is 1.89. The Balaban J connectivity index is 2.72. The van der Waals surface area contributed by atoms with E-state index in [1.165, 1.54) is 24.1 Å². The van der Waals surface area contributed by atoms with Crippen molar-refractivity contribution in [2.45, 2.75) is 5.75 Å². The van der Waals surface area contributed by atoms with Gasteiger partial charge in [0.25, 0.3) is 5.24 Å². The Morgan fingerprint density at radius 1 is 1.50 bits per heavy atom. The van der Waals surface area contributed by atoms with Gasteiger partial charge in [0.05, 0.1) is 7.11 Å². The van der Waals surface area contributed by atoms with Crippen molar-refractivity contribution in [3.8, 4) is 5.75 Å². The first-order valence-electron chi connectivity index (χ1n) is 4.71. The summed E-state index contributed by atoms with van der Waals surface area (Å²) in [5, 5.41) is -0.0636. The maximum absolute atomic E-state index is 13.0. The van der Waals surface area contributed by atoms with Crippen LogP contribution in [0.5, 0.6) is 5.75 Å². The van der Waals surface area contributed by atoms with Crippen molar-refractivity contribution in [1.29, 1.82) is 0 Å². The van der Waals surface area contributed by atoms with Crippen LogP contribution < -0.4 is 4.74 Å². The summed E-state index contributed by atoms with van der Waals surface area (Å²) in [6, 6.07) is 4.28. The number of halogens is 1. The first-order valence-corrected chi connectivity index (χ1v) is 5.69. The van der Waals surface area contributed by atoms with Gasteiger partial charge in [-0.3, -0.25) is 4.79 Å². The molecular formula is C11H14FNO2S. The fraction of sp³-hybridized carbons (Fsp3) is 0.364. The molecule has 88 valence electrons. The van der Waals surface area contributed by atoms with Crippen molar-refractivity contribution in [1.82, 2.24) is 4.90 Å². The molecule has 0 saturated carbocycles. The zero-order chi connectivity index (χ0) is 12.1. The lowest BCUT2D eigenvalue weighted by Crippen LogP contribution is -2.16. The summed E-state index contributed by atoms with van der Waals surface area (Å²) in [5.41, 5.74) is 0.683. The van der Waals surface area contributed by atoms with E-state index in [1.54, 1.807) is 20.2 Å². The summed E-state index contributed by atoms with van der Waals surface area (Å²) < 4.78 is 18.1. The largest absolute Gasteiger partial charge is 0.496 e. The van der Waals surface area contributed by atoms with E-state index < -0.39 is 0 Å². The molecule has 0 radical (unpaired) electrons. The summed E-state index contributed by atoms with van der Waals surface area (Å²) in [6.07, 6.45) is 0. The molecule has 1 amide bonds. The van der Waals surface area contributed by atoms with Gasteiger partial charge >= 0.3 is 0 Å². The third kappa shape index (κ3) is 3.41. The van der Waals surface area contributed by atoms with Crippen LogP contribution in [0.2, 0.25) is 0 Å². The van der Waals surface area contributed by atoms with Crippen LogP contribution in [0.15, 0.2) is 18.2 Å². The molecule has 0 unspecified atom stereocenters. The van der Waals surface area contributed by atoms with Crippen LogP contribution in [0.4, 0.5) is 9.18 Å². The van der Waals surface area contributed by atoms with Gasteiger partial charge in [0.2, 0.25) is 0 Å². The summed E-state index contributed by atoms with van der Waals surface area (Å²) in [7, 11) is 4.88. The van der Waals surface area contributed by atoms with E-state index >= 15 is 0 Å². The number of amides is 1. The lowest BCUT2D eigenvalue weighted by atomic mass is 10.2. The third-order valence-electron chi connectivity index (χ3n) is 1.96. The molecule has 0 fully saturated rings. The standard InChI is InChI=1S/C11H14FNO2S/c1-13(2)11(14)16-7-8-6-9(12)4-5-10(8)15-3/h4-6H,7H2,1-3H3. The maximum atomic E-state index is 13.0. The highest BCUT2D eigenvalue weighted by atomic mass is 32.2. The van der Waals surface area contributed by atoms with Crippen LogP contribution in [0, 0.1) is 5.82 Å². The van der Waals surface area contributed by atoms with E-state index in [2.05, 4.69) is 0 Å². The number of methoxy groups -OCH3 is 1.